The van der Waals surface area contributed by atoms with Crippen molar-refractivity contribution < 1.29 is 14.5 Å². The molecule has 3 rings (SSSR count). The number of hydrogen-bond acceptors (Lipinski definition) is 6. The highest BCUT2D eigenvalue weighted by atomic mass is 32.1. The second-order valence-corrected chi connectivity index (χ2v) is 6.32. The molecule has 132 valence electrons. The monoisotopic (exact) mass is 369 g/mol. The molecule has 0 aliphatic carbocycles. The minimum atomic E-state index is -0.539. The number of thiophene rings is 1. The molecule has 0 amide bonds. The smallest absolute Gasteiger partial charge is 0.389 e. The number of aromatic nitrogens is 2. The van der Waals surface area contributed by atoms with Crippen molar-refractivity contribution in [2.75, 3.05) is 7.11 Å². The summed E-state index contributed by atoms with van der Waals surface area (Å²) in [6, 6.07) is 10.5. The molecule has 0 atom stereocenters. The number of nitro groups is 1. The van der Waals surface area contributed by atoms with Crippen molar-refractivity contribution in [3.8, 4) is 5.75 Å². The first-order valence-corrected chi connectivity index (χ1v) is 8.55. The van der Waals surface area contributed by atoms with Crippen LogP contribution in [0.1, 0.15) is 20.8 Å². The quantitative estimate of drug-likeness (QED) is 0.273. The van der Waals surface area contributed by atoms with E-state index in [-0.39, 0.29) is 11.6 Å². The Labute approximate surface area is 153 Å². The number of carbonyl (C=O) groups is 1. The highest BCUT2D eigenvalue weighted by Crippen LogP contribution is 2.22. The van der Waals surface area contributed by atoms with Crippen LogP contribution in [0, 0.1) is 10.1 Å². The van der Waals surface area contributed by atoms with Crippen LogP contribution in [0.5, 0.6) is 5.75 Å². The van der Waals surface area contributed by atoms with Gasteiger partial charge in [-0.05, 0) is 40.1 Å². The summed E-state index contributed by atoms with van der Waals surface area (Å²) in [5.74, 6) is 0.381. The molecule has 0 saturated carbocycles. The van der Waals surface area contributed by atoms with Crippen LogP contribution >= 0.6 is 11.3 Å². The van der Waals surface area contributed by atoms with Crippen LogP contribution in [0.2, 0.25) is 0 Å². The number of ether oxygens (including phenoxy) is 1. The second kappa shape index (κ2) is 7.75. The van der Waals surface area contributed by atoms with Crippen molar-refractivity contribution in [3.05, 3.63) is 80.2 Å². The van der Waals surface area contributed by atoms with E-state index in [1.165, 1.54) is 28.2 Å². The Bertz CT molecular complexity index is 961. The third-order valence-electron chi connectivity index (χ3n) is 3.64. The van der Waals surface area contributed by atoms with Gasteiger partial charge >= 0.3 is 5.82 Å². The van der Waals surface area contributed by atoms with E-state index in [0.29, 0.717) is 17.2 Å². The lowest BCUT2D eigenvalue weighted by atomic mass is 10.1. The van der Waals surface area contributed by atoms with Gasteiger partial charge in [0, 0.05) is 5.56 Å². The fourth-order valence-corrected chi connectivity index (χ4v) is 3.05. The van der Waals surface area contributed by atoms with Gasteiger partial charge in [0.15, 0.2) is 5.78 Å². The van der Waals surface area contributed by atoms with Crippen LogP contribution in [0.15, 0.2) is 54.1 Å². The summed E-state index contributed by atoms with van der Waals surface area (Å²) >= 11 is 1.39. The molecular formula is C18H15N3O4S. The Hall–Kier alpha value is -3.26. The molecule has 0 spiro atoms. The number of methoxy groups -OCH3 is 1. The third-order valence-corrected chi connectivity index (χ3v) is 4.53. The van der Waals surface area contributed by atoms with Gasteiger partial charge in [-0.3, -0.25) is 4.79 Å². The summed E-state index contributed by atoms with van der Waals surface area (Å²) in [5.41, 5.74) is 1.63. The fraction of sp³-hybridized carbons (Fsp3) is 0.111. The van der Waals surface area contributed by atoms with Crippen LogP contribution < -0.4 is 4.74 Å². The maximum atomic E-state index is 12.1. The molecule has 1 aromatic carbocycles. The van der Waals surface area contributed by atoms with E-state index >= 15 is 0 Å². The lowest BCUT2D eigenvalue weighted by Crippen LogP contribution is -2.03. The number of benzene rings is 1. The van der Waals surface area contributed by atoms with Gasteiger partial charge in [0.1, 0.15) is 5.75 Å². The number of carbonyl (C=O) groups excluding carboxylic acids is 1. The third kappa shape index (κ3) is 4.04. The summed E-state index contributed by atoms with van der Waals surface area (Å²) in [7, 11) is 1.56. The van der Waals surface area contributed by atoms with Gasteiger partial charge in [0.05, 0.1) is 35.9 Å². The number of rotatable bonds is 7. The van der Waals surface area contributed by atoms with Crippen LogP contribution in [-0.2, 0) is 6.54 Å². The number of nitrogens with zero attached hydrogens (tertiary/aromatic N) is 3. The molecule has 2 aromatic heterocycles. The molecular weight excluding hydrogens is 354 g/mol. The number of allylic oxidation sites excluding steroid dienone is 1. The lowest BCUT2D eigenvalue weighted by Gasteiger charge is -2.08. The van der Waals surface area contributed by atoms with E-state index in [0.717, 1.165) is 11.1 Å². The molecule has 26 heavy (non-hydrogen) atoms. The van der Waals surface area contributed by atoms with E-state index in [4.69, 9.17) is 4.74 Å². The van der Waals surface area contributed by atoms with Gasteiger partial charge in [-0.1, -0.05) is 18.2 Å². The maximum Gasteiger partial charge on any atom is 0.389 e. The zero-order valence-electron chi connectivity index (χ0n) is 13.9. The molecule has 0 fully saturated rings. The Kier molecular flexibility index (Phi) is 5.23. The zero-order chi connectivity index (χ0) is 18.5. The minimum Gasteiger partial charge on any atom is -0.496 e. The van der Waals surface area contributed by atoms with Crippen LogP contribution in [0.25, 0.3) is 6.08 Å². The van der Waals surface area contributed by atoms with Gasteiger partial charge in [-0.15, -0.1) is 11.3 Å². The molecule has 0 aliphatic heterocycles. The zero-order valence-corrected chi connectivity index (χ0v) is 14.7. The summed E-state index contributed by atoms with van der Waals surface area (Å²) in [5, 5.41) is 16.5. The topological polar surface area (TPSA) is 87.3 Å². The normalized spacial score (nSPS) is 11.0. The second-order valence-electron chi connectivity index (χ2n) is 5.37. The molecule has 0 unspecified atom stereocenters. The largest absolute Gasteiger partial charge is 0.496 e. The Morgan fingerprint density at radius 2 is 2.23 bits per heavy atom. The van der Waals surface area contributed by atoms with E-state index in [2.05, 4.69) is 5.10 Å². The summed E-state index contributed by atoms with van der Waals surface area (Å²) in [4.78, 5) is 23.0. The molecule has 3 aromatic rings. The van der Waals surface area contributed by atoms with Gasteiger partial charge in [0.25, 0.3) is 0 Å². The molecule has 7 nitrogen and oxygen atoms in total. The molecule has 0 radical (unpaired) electrons. The standard InChI is InChI=1S/C18H15N3O4S/c1-25-16-7-5-13(4-6-15(22)17-3-2-10-26-17)11-14(16)12-20-9-8-18(19-20)21(23)24/h2-11H,12H2,1H3/b6-4+. The van der Waals surface area contributed by atoms with Crippen LogP contribution in [-0.4, -0.2) is 27.6 Å². The van der Waals surface area contributed by atoms with Crippen molar-refractivity contribution in [2.45, 2.75) is 6.54 Å². The Morgan fingerprint density at radius 1 is 1.38 bits per heavy atom. The van der Waals surface area contributed by atoms with Crippen molar-refractivity contribution in [1.29, 1.82) is 0 Å². The van der Waals surface area contributed by atoms with Crippen molar-refractivity contribution in [3.63, 3.8) is 0 Å². The van der Waals surface area contributed by atoms with Gasteiger partial charge in [0.2, 0.25) is 0 Å². The first kappa shape index (κ1) is 17.6. The van der Waals surface area contributed by atoms with E-state index in [9.17, 15) is 14.9 Å². The average Bonchev–Trinajstić information content (AvgIpc) is 3.32. The van der Waals surface area contributed by atoms with Crippen molar-refractivity contribution in [1.82, 2.24) is 9.78 Å². The van der Waals surface area contributed by atoms with Crippen molar-refractivity contribution >= 4 is 29.0 Å². The molecule has 2 heterocycles. The molecule has 0 bridgehead atoms. The first-order chi connectivity index (χ1) is 12.6. The Morgan fingerprint density at radius 3 is 2.88 bits per heavy atom. The number of hydrogen-bond donors (Lipinski definition) is 0. The average molecular weight is 369 g/mol. The molecule has 8 heteroatoms. The van der Waals surface area contributed by atoms with Gasteiger partial charge < -0.3 is 14.9 Å². The fourth-order valence-electron chi connectivity index (χ4n) is 2.41. The van der Waals surface area contributed by atoms with E-state index < -0.39 is 4.92 Å². The van der Waals surface area contributed by atoms with Crippen LogP contribution in [0.4, 0.5) is 5.82 Å². The number of ketones is 1. The summed E-state index contributed by atoms with van der Waals surface area (Å²) in [6.07, 6.45) is 4.80. The highest BCUT2D eigenvalue weighted by Gasteiger charge is 2.13. The first-order valence-electron chi connectivity index (χ1n) is 7.67. The Balaban J connectivity index is 1.81. The van der Waals surface area contributed by atoms with Gasteiger partial charge in [-0.25, -0.2) is 0 Å². The summed E-state index contributed by atoms with van der Waals surface area (Å²) < 4.78 is 6.82. The predicted molar refractivity (Wildman–Crippen MR) is 98.7 cm³/mol. The van der Waals surface area contributed by atoms with Crippen molar-refractivity contribution in [2.24, 2.45) is 0 Å². The van der Waals surface area contributed by atoms with Gasteiger partial charge in [-0.2, -0.15) is 4.68 Å². The molecule has 0 aliphatic rings. The molecule has 0 N–H and O–H groups in total. The SMILES string of the molecule is COc1ccc(/C=C/C(=O)c2cccs2)cc1Cn1ccc([N+](=O)[O-])n1. The van der Waals surface area contributed by atoms with E-state index in [1.54, 1.807) is 31.5 Å². The molecule has 0 saturated heterocycles. The summed E-state index contributed by atoms with van der Waals surface area (Å²) in [6.45, 7) is 0.317. The minimum absolute atomic E-state index is 0.0555. The predicted octanol–water partition coefficient (Wildman–Crippen LogP) is 3.81. The van der Waals surface area contributed by atoms with E-state index in [1.807, 2.05) is 23.6 Å². The maximum absolute atomic E-state index is 12.1. The highest BCUT2D eigenvalue weighted by molar-refractivity contribution is 7.12. The van der Waals surface area contributed by atoms with Crippen LogP contribution in [0.3, 0.4) is 0 Å². The lowest BCUT2D eigenvalue weighted by molar-refractivity contribution is -0.389.